The Labute approximate surface area is 148 Å². The van der Waals surface area contributed by atoms with Crippen LogP contribution in [0.3, 0.4) is 0 Å². The van der Waals surface area contributed by atoms with Gasteiger partial charge in [-0.3, -0.25) is 0 Å². The van der Waals surface area contributed by atoms with Crippen LogP contribution >= 0.6 is 0 Å². The molecule has 126 valence electrons. The summed E-state index contributed by atoms with van der Waals surface area (Å²) >= 11 is 0. The van der Waals surface area contributed by atoms with E-state index in [4.69, 9.17) is 13.9 Å². The fourth-order valence-electron chi connectivity index (χ4n) is 2.32. The van der Waals surface area contributed by atoms with Gasteiger partial charge in [0.05, 0.1) is 25.8 Å². The molecule has 2 aromatic carbocycles. The monoisotopic (exact) mass is 394 g/mol. The van der Waals surface area contributed by atoms with E-state index in [9.17, 15) is 15.3 Å². The highest BCUT2D eigenvalue weighted by molar-refractivity contribution is 5.88. The van der Waals surface area contributed by atoms with Gasteiger partial charge in [0.15, 0.2) is 11.5 Å². The fraction of sp³-hybridized carbons (Fsp3) is 0.118. The van der Waals surface area contributed by atoms with E-state index in [0.717, 1.165) is 0 Å². The summed E-state index contributed by atoms with van der Waals surface area (Å²) in [6, 6.07) is 9.01. The Bertz CT molecular complexity index is 894. The van der Waals surface area contributed by atoms with E-state index in [1.54, 1.807) is 18.2 Å². The highest BCUT2D eigenvalue weighted by atomic mass is 79.9. The number of methoxy groups -OCH3 is 2. The number of hydrogen-bond donors (Lipinski definition) is 3. The molecule has 1 aromatic heterocycles. The smallest absolute Gasteiger partial charge is 0.402 e. The molecule has 1 heterocycles. The molecule has 0 fully saturated rings. The van der Waals surface area contributed by atoms with Crippen LogP contribution < -0.4 is 26.5 Å². The number of phenols is 2. The predicted octanol–water partition coefficient (Wildman–Crippen LogP) is 0.519. The Kier molecular flexibility index (Phi) is 5.04. The number of ether oxygens (including phenoxy) is 2. The molecule has 6 nitrogen and oxygen atoms in total. The fourth-order valence-corrected chi connectivity index (χ4v) is 2.32. The number of aromatic hydroxyl groups is 3. The van der Waals surface area contributed by atoms with Gasteiger partial charge < -0.3 is 41.8 Å². The third kappa shape index (κ3) is 3.03. The van der Waals surface area contributed by atoms with Crippen molar-refractivity contribution in [2.75, 3.05) is 14.2 Å². The summed E-state index contributed by atoms with van der Waals surface area (Å²) in [5.41, 5.74) is 0.864. The molecular formula is C17H15BrO6. The van der Waals surface area contributed by atoms with Gasteiger partial charge in [-0.1, -0.05) is 0 Å². The lowest BCUT2D eigenvalue weighted by atomic mass is 10.1. The average molecular weight is 395 g/mol. The Morgan fingerprint density at radius 2 is 1.58 bits per heavy atom. The van der Waals surface area contributed by atoms with Gasteiger partial charge in [0.2, 0.25) is 5.75 Å². The highest BCUT2D eigenvalue weighted by Crippen LogP contribution is 2.40. The van der Waals surface area contributed by atoms with Crippen LogP contribution in [0.4, 0.5) is 0 Å². The Balaban J connectivity index is 0.00000208. The standard InChI is InChI=1S/C17H14O6.BrH/c1-21-10-6-13(19)11-8-14(20)17(23-15(11)7-10)9-3-4-12(18)16(5-9)22-2;/h3-8H,1-2H3,(H2-,18,19,20);1H. The molecule has 0 atom stereocenters. The topological polar surface area (TPSA) is 90.5 Å². The second kappa shape index (κ2) is 6.84. The number of benzene rings is 2. The van der Waals surface area contributed by atoms with E-state index in [1.165, 1.54) is 32.4 Å². The lowest BCUT2D eigenvalue weighted by Gasteiger charge is -2.04. The molecule has 0 saturated carbocycles. The molecule has 3 N–H and O–H groups in total. The Morgan fingerprint density at radius 3 is 2.25 bits per heavy atom. The lowest BCUT2D eigenvalue weighted by Crippen LogP contribution is -3.00. The van der Waals surface area contributed by atoms with Crippen LogP contribution in [0, 0.1) is 0 Å². The molecule has 0 aliphatic heterocycles. The van der Waals surface area contributed by atoms with Crippen LogP contribution in [0.2, 0.25) is 0 Å². The van der Waals surface area contributed by atoms with Gasteiger partial charge in [-0.15, -0.1) is 0 Å². The van der Waals surface area contributed by atoms with Gasteiger partial charge in [-0.2, -0.15) is 0 Å². The molecule has 0 bridgehead atoms. The van der Waals surface area contributed by atoms with Gasteiger partial charge in [0.25, 0.3) is 0 Å². The Hall–Kier alpha value is -2.67. The SMILES string of the molecule is COc1cc(O)c2cc(O)c(-c3ccc(O)c(OC)c3)[o+]c2c1.[Br-]. The summed E-state index contributed by atoms with van der Waals surface area (Å²) in [7, 11) is 2.91. The van der Waals surface area contributed by atoms with Crippen LogP contribution in [-0.4, -0.2) is 29.5 Å². The molecule has 0 aliphatic rings. The van der Waals surface area contributed by atoms with E-state index in [2.05, 4.69) is 0 Å². The average Bonchev–Trinajstić information content (AvgIpc) is 2.55. The largest absolute Gasteiger partial charge is 1.00 e. The second-order valence-corrected chi connectivity index (χ2v) is 4.91. The van der Waals surface area contributed by atoms with Crippen molar-refractivity contribution in [2.45, 2.75) is 0 Å². The maximum atomic E-state index is 10.2. The molecule has 0 radical (unpaired) electrons. The Morgan fingerprint density at radius 1 is 0.833 bits per heavy atom. The number of halogens is 1. The summed E-state index contributed by atoms with van der Waals surface area (Å²) in [6.07, 6.45) is 0. The van der Waals surface area contributed by atoms with Crippen LogP contribution in [0.15, 0.2) is 40.8 Å². The zero-order valence-electron chi connectivity index (χ0n) is 12.9. The van der Waals surface area contributed by atoms with E-state index in [0.29, 0.717) is 22.3 Å². The van der Waals surface area contributed by atoms with Crippen molar-refractivity contribution < 1.29 is 46.2 Å². The second-order valence-electron chi connectivity index (χ2n) is 4.91. The number of phenolic OH excluding ortho intramolecular Hbond substituents is 2. The first-order valence-electron chi connectivity index (χ1n) is 6.77. The van der Waals surface area contributed by atoms with E-state index >= 15 is 0 Å². The summed E-state index contributed by atoms with van der Waals surface area (Å²) in [6.45, 7) is 0. The summed E-state index contributed by atoms with van der Waals surface area (Å²) < 4.78 is 15.9. The molecule has 3 aromatic rings. The van der Waals surface area contributed by atoms with E-state index in [1.807, 2.05) is 0 Å². The molecule has 24 heavy (non-hydrogen) atoms. The first-order chi connectivity index (χ1) is 11.0. The van der Waals surface area contributed by atoms with Crippen LogP contribution in [0.1, 0.15) is 0 Å². The van der Waals surface area contributed by atoms with Crippen molar-refractivity contribution in [1.82, 2.24) is 0 Å². The third-order valence-electron chi connectivity index (χ3n) is 3.50. The molecule has 7 heteroatoms. The molecule has 0 unspecified atom stereocenters. The minimum atomic E-state index is -0.147. The molecule has 0 aliphatic carbocycles. The normalized spacial score (nSPS) is 10.2. The van der Waals surface area contributed by atoms with Crippen molar-refractivity contribution in [1.29, 1.82) is 0 Å². The van der Waals surface area contributed by atoms with Gasteiger partial charge in [0.1, 0.15) is 16.9 Å². The number of rotatable bonds is 3. The lowest BCUT2D eigenvalue weighted by molar-refractivity contribution is -0.00000851. The van der Waals surface area contributed by atoms with Crippen LogP contribution in [-0.2, 0) is 0 Å². The number of hydrogen-bond acceptors (Lipinski definition) is 5. The molecule has 0 saturated heterocycles. The van der Waals surface area contributed by atoms with E-state index in [-0.39, 0.29) is 45.7 Å². The van der Waals surface area contributed by atoms with Crippen molar-refractivity contribution >= 4 is 11.0 Å². The van der Waals surface area contributed by atoms with E-state index < -0.39 is 0 Å². The minimum absolute atomic E-state index is 0. The molecule has 0 spiro atoms. The number of fused-ring (bicyclic) bond motifs is 1. The van der Waals surface area contributed by atoms with Crippen molar-refractivity contribution in [3.8, 4) is 40.1 Å². The quantitative estimate of drug-likeness (QED) is 0.561. The van der Waals surface area contributed by atoms with Gasteiger partial charge in [-0.05, 0) is 12.1 Å². The highest BCUT2D eigenvalue weighted by Gasteiger charge is 2.25. The first-order valence-corrected chi connectivity index (χ1v) is 6.77. The summed E-state index contributed by atoms with van der Waals surface area (Å²) in [5, 5.41) is 30.2. The van der Waals surface area contributed by atoms with Gasteiger partial charge in [-0.25, -0.2) is 4.42 Å². The summed E-state index contributed by atoms with van der Waals surface area (Å²) in [5.74, 6) is 0.641. The molecular weight excluding hydrogens is 380 g/mol. The van der Waals surface area contributed by atoms with Crippen molar-refractivity contribution in [3.05, 3.63) is 36.4 Å². The summed E-state index contributed by atoms with van der Waals surface area (Å²) in [4.78, 5) is 0. The zero-order chi connectivity index (χ0) is 16.6. The first kappa shape index (κ1) is 17.7. The maximum Gasteiger partial charge on any atom is 0.402 e. The van der Waals surface area contributed by atoms with Gasteiger partial charge >= 0.3 is 11.3 Å². The minimum Gasteiger partial charge on any atom is -1.00 e. The van der Waals surface area contributed by atoms with Crippen LogP contribution in [0.5, 0.6) is 28.7 Å². The molecule has 3 rings (SSSR count). The predicted molar refractivity (Wildman–Crippen MR) is 84.2 cm³/mol. The van der Waals surface area contributed by atoms with Crippen molar-refractivity contribution in [3.63, 3.8) is 0 Å². The van der Waals surface area contributed by atoms with Crippen LogP contribution in [0.25, 0.3) is 22.3 Å². The van der Waals surface area contributed by atoms with Gasteiger partial charge in [0, 0.05) is 18.2 Å². The maximum absolute atomic E-state index is 10.2. The molecule has 0 amide bonds. The zero-order valence-corrected chi connectivity index (χ0v) is 14.5. The third-order valence-corrected chi connectivity index (χ3v) is 3.50. The van der Waals surface area contributed by atoms with Crippen molar-refractivity contribution in [2.24, 2.45) is 0 Å².